The fourth-order valence-corrected chi connectivity index (χ4v) is 3.98. The first kappa shape index (κ1) is 13.8. The Balaban J connectivity index is 1.39. The molecule has 0 radical (unpaired) electrons. The van der Waals surface area contributed by atoms with E-state index in [0.717, 1.165) is 6.54 Å². The molecule has 0 saturated carbocycles. The third kappa shape index (κ3) is 2.74. The lowest BCUT2D eigenvalue weighted by molar-refractivity contribution is 0.0622. The zero-order chi connectivity index (χ0) is 14.9. The van der Waals surface area contributed by atoms with Gasteiger partial charge in [-0.3, -0.25) is 4.79 Å². The average Bonchev–Trinajstić information content (AvgIpc) is 3.21. The van der Waals surface area contributed by atoms with Crippen LogP contribution in [0.4, 0.5) is 0 Å². The SMILES string of the molecule is O=C(NC1CN2CCC1CC2)c1ccc(Oc2cnco2)s1. The summed E-state index contributed by atoms with van der Waals surface area (Å²) < 4.78 is 10.5. The molecular weight excluding hydrogens is 302 g/mol. The lowest BCUT2D eigenvalue weighted by atomic mass is 9.84. The van der Waals surface area contributed by atoms with Crippen molar-refractivity contribution in [2.75, 3.05) is 19.6 Å². The van der Waals surface area contributed by atoms with Crippen LogP contribution < -0.4 is 10.1 Å². The summed E-state index contributed by atoms with van der Waals surface area (Å²) >= 11 is 1.31. The van der Waals surface area contributed by atoms with E-state index in [1.807, 2.05) is 0 Å². The second-order valence-electron chi connectivity index (χ2n) is 5.76. The van der Waals surface area contributed by atoms with Crippen molar-refractivity contribution in [2.45, 2.75) is 18.9 Å². The monoisotopic (exact) mass is 319 g/mol. The predicted molar refractivity (Wildman–Crippen MR) is 81.3 cm³/mol. The zero-order valence-corrected chi connectivity index (χ0v) is 12.8. The number of fused-ring (bicyclic) bond motifs is 3. The summed E-state index contributed by atoms with van der Waals surface area (Å²) in [6.45, 7) is 3.32. The molecule has 22 heavy (non-hydrogen) atoms. The van der Waals surface area contributed by atoms with Crippen LogP contribution in [0, 0.1) is 5.92 Å². The minimum absolute atomic E-state index is 0.0174. The number of oxazole rings is 1. The minimum Gasteiger partial charge on any atom is -0.414 e. The van der Waals surface area contributed by atoms with Crippen LogP contribution in [0.15, 0.2) is 29.1 Å². The molecule has 2 aromatic rings. The average molecular weight is 319 g/mol. The molecule has 116 valence electrons. The van der Waals surface area contributed by atoms with Crippen molar-refractivity contribution in [2.24, 2.45) is 5.92 Å². The maximum atomic E-state index is 12.4. The number of aromatic nitrogens is 1. The fraction of sp³-hybridized carbons (Fsp3) is 0.467. The smallest absolute Gasteiger partial charge is 0.311 e. The number of hydrogen-bond acceptors (Lipinski definition) is 6. The van der Waals surface area contributed by atoms with Crippen molar-refractivity contribution in [3.8, 4) is 11.0 Å². The van der Waals surface area contributed by atoms with Crippen LogP contribution in [0.2, 0.25) is 0 Å². The summed E-state index contributed by atoms with van der Waals surface area (Å²) in [4.78, 5) is 19.3. The number of hydrogen-bond donors (Lipinski definition) is 1. The van der Waals surface area contributed by atoms with Gasteiger partial charge >= 0.3 is 5.95 Å². The highest BCUT2D eigenvalue weighted by atomic mass is 32.1. The Morgan fingerprint density at radius 3 is 2.95 bits per heavy atom. The van der Waals surface area contributed by atoms with Gasteiger partial charge in [-0.15, -0.1) is 0 Å². The number of carbonyl (C=O) groups excluding carboxylic acids is 1. The first-order chi connectivity index (χ1) is 10.8. The summed E-state index contributed by atoms with van der Waals surface area (Å²) in [7, 11) is 0. The molecule has 2 bridgehead atoms. The number of nitrogens with one attached hydrogen (secondary N) is 1. The lowest BCUT2D eigenvalue weighted by Crippen LogP contribution is -2.57. The summed E-state index contributed by atoms with van der Waals surface area (Å²) in [6.07, 6.45) is 5.18. The number of ether oxygens (including phenoxy) is 1. The van der Waals surface area contributed by atoms with Crippen molar-refractivity contribution < 1.29 is 13.9 Å². The van der Waals surface area contributed by atoms with E-state index in [1.165, 1.54) is 49.9 Å². The molecule has 3 fully saturated rings. The summed E-state index contributed by atoms with van der Waals surface area (Å²) in [5.41, 5.74) is 0. The first-order valence-corrected chi connectivity index (χ1v) is 8.29. The number of piperidine rings is 3. The summed E-state index contributed by atoms with van der Waals surface area (Å²) in [5, 5.41) is 3.80. The van der Waals surface area contributed by atoms with Gasteiger partial charge in [-0.2, -0.15) is 0 Å². The minimum atomic E-state index is -0.0174. The van der Waals surface area contributed by atoms with E-state index >= 15 is 0 Å². The van der Waals surface area contributed by atoms with Gasteiger partial charge in [0.05, 0.1) is 4.88 Å². The van der Waals surface area contributed by atoms with Crippen LogP contribution >= 0.6 is 11.3 Å². The van der Waals surface area contributed by atoms with Crippen LogP contribution in [0.25, 0.3) is 0 Å². The lowest BCUT2D eigenvalue weighted by Gasteiger charge is -2.44. The Bertz CT molecular complexity index is 647. The van der Waals surface area contributed by atoms with Crippen LogP contribution in [0.3, 0.4) is 0 Å². The summed E-state index contributed by atoms with van der Waals surface area (Å²) in [6, 6.07) is 3.84. The number of nitrogens with zero attached hydrogens (tertiary/aromatic N) is 2. The van der Waals surface area contributed by atoms with Gasteiger partial charge in [0, 0.05) is 12.6 Å². The van der Waals surface area contributed by atoms with Crippen LogP contribution in [-0.4, -0.2) is 41.5 Å². The molecule has 0 spiro atoms. The Hall–Kier alpha value is -1.86. The Morgan fingerprint density at radius 1 is 1.41 bits per heavy atom. The molecule has 1 N–H and O–H groups in total. The highest BCUT2D eigenvalue weighted by Crippen LogP contribution is 2.31. The molecule has 3 aliphatic rings. The molecule has 0 aliphatic carbocycles. The normalized spacial score (nSPS) is 26.8. The number of thiophene rings is 1. The van der Waals surface area contributed by atoms with E-state index < -0.39 is 0 Å². The molecule has 5 heterocycles. The highest BCUT2D eigenvalue weighted by Gasteiger charge is 2.35. The molecule has 3 aliphatic heterocycles. The van der Waals surface area contributed by atoms with Crippen LogP contribution in [0.5, 0.6) is 11.0 Å². The molecule has 2 aromatic heterocycles. The van der Waals surface area contributed by atoms with Gasteiger partial charge in [0.25, 0.3) is 5.91 Å². The van der Waals surface area contributed by atoms with Crippen molar-refractivity contribution in [1.82, 2.24) is 15.2 Å². The van der Waals surface area contributed by atoms with Crippen molar-refractivity contribution in [3.05, 3.63) is 29.6 Å². The van der Waals surface area contributed by atoms with Gasteiger partial charge in [-0.25, -0.2) is 4.98 Å². The molecule has 1 atom stereocenters. The van der Waals surface area contributed by atoms with E-state index in [1.54, 1.807) is 12.1 Å². The van der Waals surface area contributed by atoms with Crippen molar-refractivity contribution in [3.63, 3.8) is 0 Å². The highest BCUT2D eigenvalue weighted by molar-refractivity contribution is 7.15. The van der Waals surface area contributed by atoms with E-state index in [2.05, 4.69) is 15.2 Å². The van der Waals surface area contributed by atoms with Crippen LogP contribution in [0.1, 0.15) is 22.5 Å². The molecule has 5 rings (SSSR count). The second kappa shape index (κ2) is 5.73. The topological polar surface area (TPSA) is 67.6 Å². The molecule has 0 aromatic carbocycles. The fourth-order valence-electron chi connectivity index (χ4n) is 3.22. The molecule has 6 nitrogen and oxygen atoms in total. The Labute approximate surface area is 132 Å². The first-order valence-electron chi connectivity index (χ1n) is 7.47. The maximum Gasteiger partial charge on any atom is 0.311 e. The standard InChI is InChI=1S/C15H17N3O3S/c19-15(17-11-8-18-5-3-10(11)4-6-18)12-1-2-14(22-12)21-13-7-16-9-20-13/h1-2,7,9-11H,3-6,8H2,(H,17,19). The van der Waals surface area contributed by atoms with Crippen molar-refractivity contribution >= 4 is 17.2 Å². The molecule has 3 saturated heterocycles. The molecular formula is C15H17N3O3S. The van der Waals surface area contributed by atoms with Gasteiger partial charge in [-0.05, 0) is 44.0 Å². The molecule has 1 amide bonds. The van der Waals surface area contributed by atoms with Crippen LogP contribution in [-0.2, 0) is 0 Å². The van der Waals surface area contributed by atoms with E-state index in [4.69, 9.17) is 9.15 Å². The van der Waals surface area contributed by atoms with Gasteiger partial charge < -0.3 is 19.4 Å². The van der Waals surface area contributed by atoms with Gasteiger partial charge in [0.2, 0.25) is 0 Å². The number of rotatable bonds is 4. The van der Waals surface area contributed by atoms with Gasteiger partial charge in [0.1, 0.15) is 6.20 Å². The molecule has 1 unspecified atom stereocenters. The third-order valence-electron chi connectivity index (χ3n) is 4.39. The summed E-state index contributed by atoms with van der Waals surface area (Å²) in [5.74, 6) is 0.932. The largest absolute Gasteiger partial charge is 0.414 e. The Kier molecular flexibility index (Phi) is 3.59. The van der Waals surface area contributed by atoms with Gasteiger partial charge in [0.15, 0.2) is 11.5 Å². The maximum absolute atomic E-state index is 12.4. The van der Waals surface area contributed by atoms with E-state index in [-0.39, 0.29) is 11.9 Å². The van der Waals surface area contributed by atoms with Crippen molar-refractivity contribution in [1.29, 1.82) is 0 Å². The van der Waals surface area contributed by atoms with E-state index in [0.29, 0.717) is 21.8 Å². The Morgan fingerprint density at radius 2 is 2.27 bits per heavy atom. The van der Waals surface area contributed by atoms with E-state index in [9.17, 15) is 4.79 Å². The number of amides is 1. The predicted octanol–water partition coefficient (Wildman–Crippen LogP) is 2.35. The van der Waals surface area contributed by atoms with Gasteiger partial charge in [-0.1, -0.05) is 11.3 Å². The number of carbonyl (C=O) groups is 1. The quantitative estimate of drug-likeness (QED) is 0.937. The zero-order valence-electron chi connectivity index (χ0n) is 12.0. The molecule has 7 heteroatoms. The third-order valence-corrected chi connectivity index (χ3v) is 5.35. The second-order valence-corrected chi connectivity index (χ2v) is 6.81.